The molecule has 8 nitrogen and oxygen atoms in total. The van der Waals surface area contributed by atoms with E-state index in [0.29, 0.717) is 0 Å². The number of amides is 1. The Hall–Kier alpha value is -2.35. The fourth-order valence-corrected chi connectivity index (χ4v) is 2.24. The summed E-state index contributed by atoms with van der Waals surface area (Å²) in [5, 5.41) is 0. The van der Waals surface area contributed by atoms with Crippen LogP contribution < -0.4 is 4.90 Å². The first kappa shape index (κ1) is 13.1. The summed E-state index contributed by atoms with van der Waals surface area (Å²) in [4.78, 5) is 26.7. The zero-order chi connectivity index (χ0) is 14.4. The molecule has 1 aliphatic heterocycles. The van der Waals surface area contributed by atoms with Gasteiger partial charge in [0.25, 0.3) is 15.9 Å². The Balaban J connectivity index is 2.76. The van der Waals surface area contributed by atoms with E-state index in [2.05, 4.69) is 4.79 Å². The van der Waals surface area contributed by atoms with Crippen LogP contribution in [0.2, 0.25) is 0 Å². The van der Waals surface area contributed by atoms with E-state index in [9.17, 15) is 18.0 Å². The molecular weight excluding hydrogens is 274 g/mol. The van der Waals surface area contributed by atoms with E-state index in [1.807, 2.05) is 0 Å². The largest absolute Gasteiger partial charge is 0.427 e. The topological polar surface area (TPSA) is 128 Å². The minimum atomic E-state index is -4.47. The van der Waals surface area contributed by atoms with Crippen molar-refractivity contribution >= 4 is 33.2 Å². The summed E-state index contributed by atoms with van der Waals surface area (Å²) in [5.41, 5.74) is 7.95. The first-order valence-corrected chi connectivity index (χ1v) is 6.37. The van der Waals surface area contributed by atoms with Crippen LogP contribution in [-0.2, 0) is 14.9 Å². The van der Waals surface area contributed by atoms with Gasteiger partial charge in [0.1, 0.15) is 0 Å². The van der Waals surface area contributed by atoms with E-state index in [1.165, 1.54) is 13.1 Å². The number of carbonyl (C=O) groups is 2. The molecule has 0 spiro atoms. The van der Waals surface area contributed by atoms with E-state index in [1.54, 1.807) is 0 Å². The molecule has 1 aromatic rings. The highest BCUT2D eigenvalue weighted by molar-refractivity contribution is 7.85. The van der Waals surface area contributed by atoms with Crippen LogP contribution in [0.15, 0.2) is 23.1 Å². The summed E-state index contributed by atoms with van der Waals surface area (Å²) >= 11 is 0. The SMILES string of the molecule is CN1C(=O)C(=[N+]=[N-])C(=O)c2cc(S(=O)(=O)O)ccc21. The number of ketones is 1. The van der Waals surface area contributed by atoms with E-state index < -0.39 is 32.4 Å². The fraction of sp³-hybridized carbons (Fsp3) is 0.100. The maximum Gasteiger partial charge on any atom is 0.427 e. The van der Waals surface area contributed by atoms with Crippen LogP contribution in [0.3, 0.4) is 0 Å². The van der Waals surface area contributed by atoms with Crippen LogP contribution >= 0.6 is 0 Å². The average Bonchev–Trinajstić information content (AvgIpc) is 2.35. The molecule has 19 heavy (non-hydrogen) atoms. The highest BCUT2D eigenvalue weighted by Crippen LogP contribution is 2.27. The lowest BCUT2D eigenvalue weighted by molar-refractivity contribution is -0.116. The maximum atomic E-state index is 11.9. The van der Waals surface area contributed by atoms with Crippen LogP contribution in [0.5, 0.6) is 0 Å². The highest BCUT2D eigenvalue weighted by atomic mass is 32.2. The second-order valence-electron chi connectivity index (χ2n) is 3.80. The first-order chi connectivity index (χ1) is 8.77. The molecule has 0 aliphatic carbocycles. The molecule has 9 heteroatoms. The molecule has 0 bridgehead atoms. The zero-order valence-electron chi connectivity index (χ0n) is 9.56. The molecule has 0 saturated heterocycles. The maximum absolute atomic E-state index is 11.9. The van der Waals surface area contributed by atoms with Crippen LogP contribution in [-0.4, -0.2) is 42.2 Å². The van der Waals surface area contributed by atoms with Crippen molar-refractivity contribution in [1.29, 1.82) is 0 Å². The summed E-state index contributed by atoms with van der Waals surface area (Å²) in [5.74, 6) is -1.72. The van der Waals surface area contributed by atoms with Gasteiger partial charge in [-0.05, 0) is 18.2 Å². The number of benzene rings is 1. The molecule has 1 aliphatic rings. The van der Waals surface area contributed by atoms with E-state index in [-0.39, 0.29) is 11.3 Å². The van der Waals surface area contributed by atoms with Gasteiger partial charge in [-0.3, -0.25) is 14.1 Å². The average molecular weight is 281 g/mol. The van der Waals surface area contributed by atoms with Crippen molar-refractivity contribution in [3.05, 3.63) is 29.3 Å². The van der Waals surface area contributed by atoms with Gasteiger partial charge in [-0.15, -0.1) is 0 Å². The van der Waals surface area contributed by atoms with Crippen molar-refractivity contribution in [3.8, 4) is 0 Å². The lowest BCUT2D eigenvalue weighted by Gasteiger charge is -2.21. The van der Waals surface area contributed by atoms with Crippen molar-refractivity contribution in [2.45, 2.75) is 4.90 Å². The Labute approximate surface area is 107 Å². The number of anilines is 1. The Bertz CT molecular complexity index is 761. The smallest absolute Gasteiger partial charge is 0.360 e. The normalized spacial score (nSPS) is 15.3. The molecule has 0 aromatic heterocycles. The first-order valence-electron chi connectivity index (χ1n) is 4.93. The van der Waals surface area contributed by atoms with Crippen LogP contribution in [0.25, 0.3) is 5.53 Å². The molecule has 0 radical (unpaired) electrons. The van der Waals surface area contributed by atoms with Gasteiger partial charge in [0, 0.05) is 7.05 Å². The molecule has 1 amide bonds. The third-order valence-corrected chi connectivity index (χ3v) is 3.54. The summed E-state index contributed by atoms with van der Waals surface area (Å²) in [6.45, 7) is 0. The van der Waals surface area contributed by atoms with Crippen molar-refractivity contribution in [2.24, 2.45) is 0 Å². The van der Waals surface area contributed by atoms with Crippen molar-refractivity contribution in [2.75, 3.05) is 11.9 Å². The summed E-state index contributed by atoms with van der Waals surface area (Å²) in [7, 11) is -3.13. The molecule has 2 rings (SSSR count). The molecule has 0 saturated carbocycles. The van der Waals surface area contributed by atoms with Crippen LogP contribution in [0.1, 0.15) is 10.4 Å². The molecule has 0 unspecified atom stereocenters. The third kappa shape index (κ3) is 1.95. The second-order valence-corrected chi connectivity index (χ2v) is 5.22. The molecular formula is C10H7N3O5S. The summed E-state index contributed by atoms with van der Waals surface area (Å²) in [6, 6.07) is 3.19. The van der Waals surface area contributed by atoms with E-state index >= 15 is 0 Å². The monoisotopic (exact) mass is 281 g/mol. The molecule has 0 atom stereocenters. The minimum absolute atomic E-state index is 0.148. The van der Waals surface area contributed by atoms with Crippen molar-refractivity contribution in [1.82, 2.24) is 0 Å². The summed E-state index contributed by atoms with van der Waals surface area (Å²) in [6.07, 6.45) is 0. The van der Waals surface area contributed by atoms with Gasteiger partial charge in [0.2, 0.25) is 0 Å². The number of rotatable bonds is 1. The fourth-order valence-electron chi connectivity index (χ4n) is 1.73. The van der Waals surface area contributed by atoms with Crippen molar-refractivity contribution < 1.29 is 27.3 Å². The lowest BCUT2D eigenvalue weighted by Crippen LogP contribution is -2.43. The number of nitrogens with zero attached hydrogens (tertiary/aromatic N) is 3. The molecule has 0 fully saturated rings. The molecule has 1 heterocycles. The van der Waals surface area contributed by atoms with Gasteiger partial charge in [-0.25, -0.2) is 0 Å². The van der Waals surface area contributed by atoms with E-state index in [0.717, 1.165) is 17.0 Å². The number of hydrogen-bond donors (Lipinski definition) is 1. The number of carbonyl (C=O) groups excluding carboxylic acids is 2. The van der Waals surface area contributed by atoms with Gasteiger partial charge >= 0.3 is 11.6 Å². The van der Waals surface area contributed by atoms with Crippen LogP contribution in [0.4, 0.5) is 5.69 Å². The Morgan fingerprint density at radius 3 is 2.47 bits per heavy atom. The third-order valence-electron chi connectivity index (χ3n) is 2.69. The van der Waals surface area contributed by atoms with Gasteiger partial charge < -0.3 is 10.4 Å². The predicted octanol–water partition coefficient (Wildman–Crippen LogP) is -0.237. The van der Waals surface area contributed by atoms with Gasteiger partial charge in [-0.1, -0.05) is 0 Å². The number of fused-ring (bicyclic) bond motifs is 1. The predicted molar refractivity (Wildman–Crippen MR) is 62.6 cm³/mol. The lowest BCUT2D eigenvalue weighted by atomic mass is 9.99. The van der Waals surface area contributed by atoms with Gasteiger partial charge in [0.05, 0.1) is 16.1 Å². The molecule has 98 valence electrons. The number of Topliss-reactive ketones (excluding diaryl/α,β-unsaturated/α-hetero) is 1. The Morgan fingerprint density at radius 1 is 1.32 bits per heavy atom. The van der Waals surface area contributed by atoms with E-state index in [4.69, 9.17) is 10.1 Å². The van der Waals surface area contributed by atoms with Crippen molar-refractivity contribution in [3.63, 3.8) is 0 Å². The van der Waals surface area contributed by atoms with Crippen LogP contribution in [0, 0.1) is 0 Å². The summed E-state index contributed by atoms with van der Waals surface area (Å²) < 4.78 is 30.9. The standard InChI is InChI=1S/C10H7N3O5S/c1-13-7-3-2-5(19(16,17)18)4-6(7)9(14)8(12-11)10(13)15/h2-4H,1H3,(H,16,17,18). The highest BCUT2D eigenvalue weighted by Gasteiger charge is 2.41. The Kier molecular flexibility index (Phi) is 2.82. The molecule has 1 aromatic carbocycles. The number of hydrogen-bond acceptors (Lipinski definition) is 4. The quantitative estimate of drug-likeness (QED) is 0.431. The second kappa shape index (κ2) is 4.09. The van der Waals surface area contributed by atoms with Gasteiger partial charge in [-0.2, -0.15) is 13.2 Å². The Morgan fingerprint density at radius 2 is 1.95 bits per heavy atom. The zero-order valence-corrected chi connectivity index (χ0v) is 10.4. The minimum Gasteiger partial charge on any atom is -0.360 e. The molecule has 1 N–H and O–H groups in total. The van der Waals surface area contributed by atoms with Gasteiger partial charge in [0.15, 0.2) is 0 Å².